The van der Waals surface area contributed by atoms with E-state index in [0.29, 0.717) is 19.3 Å². The Hall–Kier alpha value is -1.90. The van der Waals surface area contributed by atoms with E-state index in [4.69, 9.17) is 0 Å². The fourth-order valence-corrected chi connectivity index (χ4v) is 2.82. The van der Waals surface area contributed by atoms with Gasteiger partial charge in [-0.25, -0.2) is 0 Å². The highest BCUT2D eigenvalue weighted by molar-refractivity contribution is 6.22. The predicted octanol–water partition coefficient (Wildman–Crippen LogP) is 3.88. The third-order valence-electron chi connectivity index (χ3n) is 4.06. The lowest BCUT2D eigenvalue weighted by Crippen LogP contribution is -2.26. The molecule has 0 radical (unpaired) electrons. The van der Waals surface area contributed by atoms with Crippen LogP contribution >= 0.6 is 0 Å². The summed E-state index contributed by atoms with van der Waals surface area (Å²) in [7, 11) is 0. The molecule has 2 rings (SSSR count). The second-order valence-corrected chi connectivity index (χ2v) is 5.62. The largest absolute Gasteiger partial charge is 0.511 e. The lowest BCUT2D eigenvalue weighted by molar-refractivity contribution is -0.124. The number of rotatable bonds is 4. The number of Topliss-reactive ketones (excluding diaryl/α,β-unsaturated/α-hetero) is 2. The van der Waals surface area contributed by atoms with Crippen LogP contribution in [0.4, 0.5) is 0 Å². The zero-order valence-electron chi connectivity index (χ0n) is 12.7. The molecule has 1 saturated carbocycles. The van der Waals surface area contributed by atoms with Crippen molar-refractivity contribution in [2.24, 2.45) is 0 Å². The number of aliphatic hydroxyl groups is 1. The third-order valence-corrected chi connectivity index (χ3v) is 4.06. The highest BCUT2D eigenvalue weighted by Crippen LogP contribution is 2.33. The lowest BCUT2D eigenvalue weighted by atomic mass is 9.79. The highest BCUT2D eigenvalue weighted by Gasteiger charge is 2.33. The number of aryl methyl sites for hydroxylation is 1. The van der Waals surface area contributed by atoms with Crippen LogP contribution in [0.3, 0.4) is 0 Å². The minimum absolute atomic E-state index is 0.0349. The van der Waals surface area contributed by atoms with Gasteiger partial charge in [-0.15, -0.1) is 0 Å². The molecule has 0 aromatic heterocycles. The molecule has 3 nitrogen and oxygen atoms in total. The second-order valence-electron chi connectivity index (χ2n) is 5.62. The predicted molar refractivity (Wildman–Crippen MR) is 82.4 cm³/mol. The number of hydrogen-bond donors (Lipinski definition) is 1. The van der Waals surface area contributed by atoms with Gasteiger partial charge >= 0.3 is 0 Å². The van der Waals surface area contributed by atoms with Crippen molar-refractivity contribution in [2.45, 2.75) is 51.9 Å². The Bertz CT molecular complexity index is 547. The van der Waals surface area contributed by atoms with Crippen molar-refractivity contribution >= 4 is 11.6 Å². The molecule has 112 valence electrons. The van der Waals surface area contributed by atoms with Crippen LogP contribution in [-0.4, -0.2) is 16.7 Å². The molecule has 0 aliphatic heterocycles. The SMILES string of the molecule is CCCC(O)=C1C(=O)CC(c2ccc(CC)cc2)CC1=O. The first-order valence-corrected chi connectivity index (χ1v) is 7.64. The fraction of sp³-hybridized carbons (Fsp3) is 0.444. The third kappa shape index (κ3) is 3.41. The zero-order valence-corrected chi connectivity index (χ0v) is 12.7. The van der Waals surface area contributed by atoms with Crippen LogP contribution in [0.5, 0.6) is 0 Å². The summed E-state index contributed by atoms with van der Waals surface area (Å²) < 4.78 is 0. The van der Waals surface area contributed by atoms with Gasteiger partial charge in [0.05, 0.1) is 5.57 Å². The summed E-state index contributed by atoms with van der Waals surface area (Å²) in [5.41, 5.74) is 2.31. The van der Waals surface area contributed by atoms with Gasteiger partial charge in [0.15, 0.2) is 11.6 Å². The molecule has 0 unspecified atom stereocenters. The Kier molecular flexibility index (Phi) is 4.94. The molecule has 21 heavy (non-hydrogen) atoms. The zero-order chi connectivity index (χ0) is 15.4. The van der Waals surface area contributed by atoms with Gasteiger partial charge in [-0.3, -0.25) is 9.59 Å². The molecule has 3 heteroatoms. The maximum Gasteiger partial charge on any atom is 0.170 e. The van der Waals surface area contributed by atoms with E-state index in [1.54, 1.807) is 0 Å². The van der Waals surface area contributed by atoms with Crippen LogP contribution in [0.25, 0.3) is 0 Å². The maximum absolute atomic E-state index is 12.2. The average molecular weight is 286 g/mol. The first kappa shape index (κ1) is 15.5. The molecule has 1 N–H and O–H groups in total. The Morgan fingerprint density at radius 1 is 1.10 bits per heavy atom. The number of allylic oxidation sites excluding steroid dienone is 2. The average Bonchev–Trinajstić information content (AvgIpc) is 2.47. The molecule has 0 saturated heterocycles. The summed E-state index contributed by atoms with van der Waals surface area (Å²) in [4.78, 5) is 24.4. The molecule has 1 aromatic rings. The smallest absolute Gasteiger partial charge is 0.170 e. The van der Waals surface area contributed by atoms with E-state index in [0.717, 1.165) is 18.4 Å². The Morgan fingerprint density at radius 3 is 2.14 bits per heavy atom. The first-order chi connectivity index (χ1) is 10.1. The normalized spacial score (nSPS) is 19.0. The van der Waals surface area contributed by atoms with Gasteiger partial charge in [-0.05, 0) is 29.9 Å². The quantitative estimate of drug-likeness (QED) is 0.519. The number of aliphatic hydroxyl groups excluding tert-OH is 1. The van der Waals surface area contributed by atoms with Gasteiger partial charge in [0.25, 0.3) is 0 Å². The van der Waals surface area contributed by atoms with Gasteiger partial charge < -0.3 is 5.11 Å². The molecule has 1 aliphatic carbocycles. The van der Waals surface area contributed by atoms with E-state index in [1.807, 2.05) is 31.2 Å². The van der Waals surface area contributed by atoms with E-state index in [9.17, 15) is 14.7 Å². The van der Waals surface area contributed by atoms with Crippen molar-refractivity contribution in [3.8, 4) is 0 Å². The molecule has 0 amide bonds. The number of benzene rings is 1. The molecule has 1 fully saturated rings. The van der Waals surface area contributed by atoms with Crippen LogP contribution in [0.15, 0.2) is 35.6 Å². The Labute approximate surface area is 125 Å². The van der Waals surface area contributed by atoms with Crippen LogP contribution in [0.1, 0.15) is 56.6 Å². The summed E-state index contributed by atoms with van der Waals surface area (Å²) in [6, 6.07) is 8.10. The number of carbonyl (C=O) groups is 2. The van der Waals surface area contributed by atoms with Crippen molar-refractivity contribution in [1.82, 2.24) is 0 Å². The Balaban J connectivity index is 2.19. The molecule has 0 spiro atoms. The van der Waals surface area contributed by atoms with Crippen molar-refractivity contribution in [3.05, 3.63) is 46.7 Å². The lowest BCUT2D eigenvalue weighted by Gasteiger charge is -2.23. The summed E-state index contributed by atoms with van der Waals surface area (Å²) in [6.07, 6.45) is 2.70. The number of ketones is 2. The molecule has 1 aromatic carbocycles. The summed E-state index contributed by atoms with van der Waals surface area (Å²) in [5.74, 6) is -0.537. The van der Waals surface area contributed by atoms with Crippen molar-refractivity contribution in [2.75, 3.05) is 0 Å². The molecular weight excluding hydrogens is 264 g/mol. The second kappa shape index (κ2) is 6.70. The Morgan fingerprint density at radius 2 is 1.67 bits per heavy atom. The van der Waals surface area contributed by atoms with Crippen molar-refractivity contribution < 1.29 is 14.7 Å². The minimum Gasteiger partial charge on any atom is -0.511 e. The van der Waals surface area contributed by atoms with Gasteiger partial charge in [0.1, 0.15) is 5.76 Å². The molecule has 0 bridgehead atoms. The molecule has 0 heterocycles. The minimum atomic E-state index is -0.221. The topological polar surface area (TPSA) is 54.4 Å². The van der Waals surface area contributed by atoms with Crippen LogP contribution in [0.2, 0.25) is 0 Å². The number of carbonyl (C=O) groups excluding carboxylic acids is 2. The number of hydrogen-bond acceptors (Lipinski definition) is 3. The van der Waals surface area contributed by atoms with E-state index in [1.165, 1.54) is 5.56 Å². The summed E-state index contributed by atoms with van der Waals surface area (Å²) in [6.45, 7) is 4.00. The van der Waals surface area contributed by atoms with Gasteiger partial charge in [0.2, 0.25) is 0 Å². The molecular formula is C18H22O3. The van der Waals surface area contributed by atoms with E-state index in [-0.39, 0.29) is 28.8 Å². The first-order valence-electron chi connectivity index (χ1n) is 7.64. The van der Waals surface area contributed by atoms with Crippen molar-refractivity contribution in [1.29, 1.82) is 0 Å². The highest BCUT2D eigenvalue weighted by atomic mass is 16.3. The van der Waals surface area contributed by atoms with E-state index < -0.39 is 0 Å². The van der Waals surface area contributed by atoms with E-state index >= 15 is 0 Å². The monoisotopic (exact) mass is 286 g/mol. The summed E-state index contributed by atoms with van der Waals surface area (Å²) >= 11 is 0. The standard InChI is InChI=1S/C18H22O3/c1-3-5-15(19)18-16(20)10-14(11-17(18)21)13-8-6-12(4-2)7-9-13/h6-9,14,19H,3-5,10-11H2,1-2H3. The van der Waals surface area contributed by atoms with E-state index in [2.05, 4.69) is 6.92 Å². The summed E-state index contributed by atoms with van der Waals surface area (Å²) in [5, 5.41) is 9.88. The van der Waals surface area contributed by atoms with Gasteiger partial charge in [-0.1, -0.05) is 38.1 Å². The van der Waals surface area contributed by atoms with Crippen molar-refractivity contribution in [3.63, 3.8) is 0 Å². The van der Waals surface area contributed by atoms with Crippen LogP contribution in [-0.2, 0) is 16.0 Å². The fourth-order valence-electron chi connectivity index (χ4n) is 2.82. The van der Waals surface area contributed by atoms with Gasteiger partial charge in [-0.2, -0.15) is 0 Å². The molecule has 0 atom stereocenters. The van der Waals surface area contributed by atoms with Gasteiger partial charge in [0, 0.05) is 19.3 Å². The van der Waals surface area contributed by atoms with Crippen LogP contribution in [0, 0.1) is 0 Å². The maximum atomic E-state index is 12.2. The van der Waals surface area contributed by atoms with Crippen LogP contribution < -0.4 is 0 Å². The molecule has 1 aliphatic rings.